The first-order valence-electron chi connectivity index (χ1n) is 14.4. The Hall–Kier alpha value is -2.96. The summed E-state index contributed by atoms with van der Waals surface area (Å²) in [5.41, 5.74) is 2.48. The summed E-state index contributed by atoms with van der Waals surface area (Å²) < 4.78 is 0.814. The second kappa shape index (κ2) is 11.6. The second-order valence-corrected chi connectivity index (χ2v) is 14.2. The van der Waals surface area contributed by atoms with Gasteiger partial charge >= 0.3 is 0 Å². The van der Waals surface area contributed by atoms with Crippen LogP contribution in [0.2, 0.25) is 0 Å². The van der Waals surface area contributed by atoms with Crippen LogP contribution in [-0.2, 0) is 27.6 Å². The van der Waals surface area contributed by atoms with Crippen LogP contribution in [0, 0.1) is 17.8 Å². The number of aliphatic hydroxyl groups excluding tert-OH is 1. The zero-order valence-corrected chi connectivity index (χ0v) is 25.9. The number of fused-ring (bicyclic) bond motifs is 2. The molecule has 0 radical (unpaired) electrons. The highest BCUT2D eigenvalue weighted by Crippen LogP contribution is 2.68. The minimum atomic E-state index is -0.849. The largest absolute Gasteiger partial charge is 0.394 e. The summed E-state index contributed by atoms with van der Waals surface area (Å²) in [4.78, 5) is 44.0. The molecule has 8 atom stereocenters. The van der Waals surface area contributed by atoms with Crippen LogP contribution in [0.15, 0.2) is 54.6 Å². The zero-order chi connectivity index (χ0) is 29.6. The van der Waals surface area contributed by atoms with E-state index in [0.717, 1.165) is 23.0 Å². The predicted molar refractivity (Wildman–Crippen MR) is 163 cm³/mol. The second-order valence-electron chi connectivity index (χ2n) is 11.5. The minimum absolute atomic E-state index is 0.0373. The van der Waals surface area contributed by atoms with E-state index in [4.69, 9.17) is 0 Å². The number of benzene rings is 2. The lowest BCUT2D eigenvalue weighted by Crippen LogP contribution is -2.58. The summed E-state index contributed by atoms with van der Waals surface area (Å²) in [6.07, 6.45) is 1.30. The number of aliphatic hydroxyl groups is 1. The molecule has 1 aromatic heterocycles. The van der Waals surface area contributed by atoms with E-state index in [-0.39, 0.29) is 47.0 Å². The molecule has 0 saturated carbocycles. The van der Waals surface area contributed by atoms with Crippen molar-refractivity contribution in [1.82, 2.24) is 30.5 Å². The molecule has 3 aliphatic heterocycles. The van der Waals surface area contributed by atoms with Crippen molar-refractivity contribution in [3.63, 3.8) is 0 Å². The molecule has 3 amide bonds. The van der Waals surface area contributed by atoms with Crippen LogP contribution in [-0.4, -0.2) is 76.2 Å². The summed E-state index contributed by atoms with van der Waals surface area (Å²) in [6.45, 7) is 4.17. The lowest BCUT2D eigenvalue weighted by molar-refractivity contribution is -0.144. The number of rotatable bonds is 10. The molecule has 3 aliphatic rings. The summed E-state index contributed by atoms with van der Waals surface area (Å²) >= 11 is 5.39. The van der Waals surface area contributed by atoms with Crippen molar-refractivity contribution in [1.29, 1.82) is 0 Å². The lowest BCUT2D eigenvalue weighted by Gasteiger charge is -2.39. The Labute approximate surface area is 257 Å². The smallest absolute Gasteiger partial charge is 0.245 e. The highest BCUT2D eigenvalue weighted by molar-refractivity contribution is 9.09. The van der Waals surface area contributed by atoms with E-state index >= 15 is 0 Å². The monoisotopic (exact) mass is 654 g/mol. The van der Waals surface area contributed by atoms with E-state index in [1.165, 1.54) is 0 Å². The number of likely N-dealkylation sites (tertiary alicyclic amines) is 1. The Kier molecular flexibility index (Phi) is 8.05. The van der Waals surface area contributed by atoms with Gasteiger partial charge in [-0.2, -0.15) is 0 Å². The zero-order valence-electron chi connectivity index (χ0n) is 23.5. The molecule has 3 fully saturated rings. The first kappa shape index (κ1) is 29.1. The van der Waals surface area contributed by atoms with E-state index in [9.17, 15) is 19.5 Å². The number of para-hydroxylation sites is 1. The minimum Gasteiger partial charge on any atom is -0.394 e. The fourth-order valence-corrected chi connectivity index (χ4v) is 10.6. The molecule has 2 aromatic carbocycles. The highest BCUT2D eigenvalue weighted by atomic mass is 79.9. The third-order valence-corrected chi connectivity index (χ3v) is 12.5. The molecule has 10 nitrogen and oxygen atoms in total. The van der Waals surface area contributed by atoms with Gasteiger partial charge < -0.3 is 20.6 Å². The standard InChI is InChI=1S/C30H35BrN6O4S/c1-3-17(2)22(15-38)37-26(28(40)33-16-36-21-12-8-7-11-20(21)34-35-36)30-13-19(31)25(42-30)23(24(30)29(37)41)27(39)32-14-18-9-5-4-6-10-18/h4-12,17,19,22-26,38H,3,13-16H2,1-2H3,(H,32,39)(H,33,40)/t17-,19?,22-,23+,24-,25+,26?,30?/m0/s1. The lowest BCUT2D eigenvalue weighted by atomic mass is 9.70. The number of hydrogen-bond acceptors (Lipinski definition) is 7. The van der Waals surface area contributed by atoms with Gasteiger partial charge in [-0.3, -0.25) is 14.4 Å². The number of thioether (sulfide) groups is 1. The highest BCUT2D eigenvalue weighted by Gasteiger charge is 2.76. The van der Waals surface area contributed by atoms with Crippen LogP contribution >= 0.6 is 27.7 Å². The van der Waals surface area contributed by atoms with Crippen molar-refractivity contribution in [2.75, 3.05) is 6.61 Å². The van der Waals surface area contributed by atoms with E-state index in [1.54, 1.807) is 21.3 Å². The van der Waals surface area contributed by atoms with Crippen LogP contribution in [0.3, 0.4) is 0 Å². The SMILES string of the molecule is CC[C@H](C)[C@H](CO)N1C(=O)[C@@H]2[C@@H](C(=O)NCc3ccccc3)[C@@H]3SC2(CC3Br)C1C(=O)NCn1nnc2ccccc21. The van der Waals surface area contributed by atoms with E-state index in [2.05, 4.69) is 36.9 Å². The summed E-state index contributed by atoms with van der Waals surface area (Å²) in [5, 5.41) is 24.8. The number of hydrogen-bond donors (Lipinski definition) is 3. The van der Waals surface area contributed by atoms with Crippen molar-refractivity contribution in [3.8, 4) is 0 Å². The van der Waals surface area contributed by atoms with Gasteiger partial charge in [0.1, 0.15) is 18.2 Å². The fraction of sp³-hybridized carbons (Fsp3) is 0.500. The first-order valence-corrected chi connectivity index (χ1v) is 16.2. The predicted octanol–water partition coefficient (Wildman–Crippen LogP) is 2.69. The van der Waals surface area contributed by atoms with Crippen LogP contribution < -0.4 is 10.6 Å². The summed E-state index contributed by atoms with van der Waals surface area (Å²) in [7, 11) is 0. The molecular weight excluding hydrogens is 620 g/mol. The molecule has 0 aliphatic carbocycles. The van der Waals surface area contributed by atoms with Gasteiger partial charge in [0.05, 0.1) is 34.7 Å². The Morgan fingerprint density at radius 1 is 1.14 bits per heavy atom. The summed E-state index contributed by atoms with van der Waals surface area (Å²) in [6, 6.07) is 15.8. The van der Waals surface area contributed by atoms with Gasteiger partial charge in [-0.15, -0.1) is 16.9 Å². The first-order chi connectivity index (χ1) is 20.3. The molecule has 42 heavy (non-hydrogen) atoms. The Morgan fingerprint density at radius 2 is 1.88 bits per heavy atom. The quantitative estimate of drug-likeness (QED) is 0.287. The van der Waals surface area contributed by atoms with Gasteiger partial charge in [0.2, 0.25) is 17.7 Å². The Bertz CT molecular complexity index is 1490. The van der Waals surface area contributed by atoms with Crippen molar-refractivity contribution < 1.29 is 19.5 Å². The van der Waals surface area contributed by atoms with E-state index in [1.807, 2.05) is 68.4 Å². The van der Waals surface area contributed by atoms with Crippen LogP contribution in [0.5, 0.6) is 0 Å². The molecule has 4 heterocycles. The average molecular weight is 656 g/mol. The topological polar surface area (TPSA) is 129 Å². The Morgan fingerprint density at radius 3 is 2.62 bits per heavy atom. The maximum absolute atomic E-state index is 14.4. The molecule has 12 heteroatoms. The van der Waals surface area contributed by atoms with Crippen molar-refractivity contribution >= 4 is 56.4 Å². The molecule has 3 aromatic rings. The van der Waals surface area contributed by atoms with Gasteiger partial charge in [0.15, 0.2) is 0 Å². The number of aromatic nitrogens is 3. The average Bonchev–Trinajstić information content (AvgIpc) is 3.73. The molecule has 3 saturated heterocycles. The Balaban J connectivity index is 1.32. The van der Waals surface area contributed by atoms with Gasteiger partial charge in [-0.25, -0.2) is 4.68 Å². The third-order valence-electron chi connectivity index (χ3n) is 9.26. The van der Waals surface area contributed by atoms with Crippen molar-refractivity contribution in [3.05, 3.63) is 60.2 Å². The number of amides is 3. The molecular formula is C30H35BrN6O4S. The van der Waals surface area contributed by atoms with Crippen LogP contribution in [0.4, 0.5) is 0 Å². The number of halogens is 1. The van der Waals surface area contributed by atoms with Gasteiger partial charge in [-0.05, 0) is 30.0 Å². The molecule has 6 rings (SSSR count). The normalized spacial score (nSPS) is 29.5. The number of nitrogens with one attached hydrogen (secondary N) is 2. The maximum atomic E-state index is 14.4. The number of carbonyl (C=O) groups excluding carboxylic acids is 3. The number of carbonyl (C=O) groups is 3. The number of nitrogens with zero attached hydrogens (tertiary/aromatic N) is 4. The van der Waals surface area contributed by atoms with E-state index in [0.29, 0.717) is 13.0 Å². The molecule has 2 bridgehead atoms. The van der Waals surface area contributed by atoms with Crippen LogP contribution in [0.1, 0.15) is 32.3 Å². The van der Waals surface area contributed by atoms with Gasteiger partial charge in [0, 0.05) is 16.6 Å². The summed E-state index contributed by atoms with van der Waals surface area (Å²) in [5.74, 6) is -2.03. The van der Waals surface area contributed by atoms with Crippen molar-refractivity contribution in [2.45, 2.75) is 66.8 Å². The van der Waals surface area contributed by atoms with E-state index < -0.39 is 28.7 Å². The molecule has 3 unspecified atom stereocenters. The molecule has 222 valence electrons. The number of alkyl halides is 1. The maximum Gasteiger partial charge on any atom is 0.245 e. The van der Waals surface area contributed by atoms with Gasteiger partial charge in [0.25, 0.3) is 0 Å². The fourth-order valence-electron chi connectivity index (χ4n) is 7.02. The van der Waals surface area contributed by atoms with Crippen molar-refractivity contribution in [2.24, 2.45) is 17.8 Å². The molecule has 1 spiro atoms. The third kappa shape index (κ3) is 4.71. The van der Waals surface area contributed by atoms with Gasteiger partial charge in [-0.1, -0.05) is 83.9 Å². The molecule has 3 N–H and O–H groups in total. The van der Waals surface area contributed by atoms with Crippen LogP contribution in [0.25, 0.3) is 11.0 Å².